The molecule has 0 aliphatic carbocycles. The molecule has 0 fully saturated rings. The first-order chi connectivity index (χ1) is 46.4. The van der Waals surface area contributed by atoms with Crippen LogP contribution in [0.15, 0.2) is 166 Å². The van der Waals surface area contributed by atoms with Crippen molar-refractivity contribution in [3.63, 3.8) is 0 Å². The number of thiophene rings is 8. The van der Waals surface area contributed by atoms with Gasteiger partial charge in [-0.1, -0.05) is 205 Å². The van der Waals surface area contributed by atoms with E-state index in [0.29, 0.717) is 0 Å². The third-order valence-corrected chi connectivity index (χ3v) is 27.7. The summed E-state index contributed by atoms with van der Waals surface area (Å²) in [4.78, 5) is 29.4. The third-order valence-electron chi connectivity index (χ3n) is 18.1. The second-order valence-electron chi connectivity index (χ2n) is 25.5. The van der Waals surface area contributed by atoms with E-state index in [1.54, 1.807) is 0 Å². The lowest BCUT2D eigenvalue weighted by molar-refractivity contribution is 0.608. The molecule has 0 atom stereocenters. The summed E-state index contributed by atoms with van der Waals surface area (Å²) in [6.45, 7) is 9.20. The Balaban J connectivity index is 0.711. The molecule has 0 amide bonds. The highest BCUT2D eigenvalue weighted by Crippen LogP contribution is 2.47. The monoisotopic (exact) mass is 1390 g/mol. The zero-order valence-corrected chi connectivity index (χ0v) is 62.7. The highest BCUT2D eigenvalue weighted by atomic mass is 32.1. The quantitative estimate of drug-likeness (QED) is 0.0270. The minimum Gasteiger partial charge on any atom is -0.255 e. The molecule has 490 valence electrons. The molecule has 0 N–H and O–H groups in total. The summed E-state index contributed by atoms with van der Waals surface area (Å²) in [6.07, 6.45) is 40.5. The topological polar surface area (TPSA) is 24.7 Å². The number of rotatable bonds is 40. The Morgan fingerprint density at radius 2 is 0.521 bits per heavy atom. The van der Waals surface area contributed by atoms with Crippen LogP contribution in [-0.2, 0) is 25.7 Å². The molecule has 0 aliphatic heterocycles. The van der Waals surface area contributed by atoms with Gasteiger partial charge in [0.15, 0.2) is 0 Å². The van der Waals surface area contributed by atoms with Crippen molar-refractivity contribution in [2.45, 2.75) is 207 Å². The van der Waals surface area contributed by atoms with Crippen molar-refractivity contribution in [1.82, 2.24) is 0 Å². The second kappa shape index (κ2) is 37.4. The molecule has 3 aromatic carbocycles. The molecule has 0 saturated heterocycles. The van der Waals surface area contributed by atoms with E-state index in [2.05, 4.69) is 196 Å². The highest BCUT2D eigenvalue weighted by Gasteiger charge is 2.19. The first kappa shape index (κ1) is 69.9. The number of unbranched alkanes of at least 4 members (excludes halogenated alkanes) is 20. The summed E-state index contributed by atoms with van der Waals surface area (Å²) in [5.74, 6) is 0. The molecule has 10 heteroatoms. The number of aliphatic imine (C=N–C) groups is 2. The average Bonchev–Trinajstić information content (AvgIpc) is 1.96. The van der Waals surface area contributed by atoms with E-state index in [9.17, 15) is 0 Å². The first-order valence-electron chi connectivity index (χ1n) is 35.6. The number of aryl methyl sites for hydroxylation is 4. The van der Waals surface area contributed by atoms with Gasteiger partial charge in [0.25, 0.3) is 0 Å². The van der Waals surface area contributed by atoms with E-state index in [1.165, 1.54) is 280 Å². The number of hydrogen-bond donors (Lipinski definition) is 0. The van der Waals surface area contributed by atoms with Gasteiger partial charge in [-0.2, -0.15) is 0 Å². The van der Waals surface area contributed by atoms with E-state index in [-0.39, 0.29) is 0 Å². The Labute approximate surface area is 595 Å². The molecule has 0 bridgehead atoms. The summed E-state index contributed by atoms with van der Waals surface area (Å²) >= 11 is 15.4. The van der Waals surface area contributed by atoms with Gasteiger partial charge in [0.05, 0.1) is 11.4 Å². The maximum atomic E-state index is 5.05. The fourth-order valence-corrected chi connectivity index (χ4v) is 21.6. The van der Waals surface area contributed by atoms with E-state index in [0.717, 1.165) is 24.2 Å². The second-order valence-corrected chi connectivity index (χ2v) is 33.8. The lowest BCUT2D eigenvalue weighted by atomic mass is 10.00. The smallest absolute Gasteiger partial charge is 0.0630 e. The molecule has 0 saturated carbocycles. The van der Waals surface area contributed by atoms with Crippen LogP contribution in [0.1, 0.15) is 214 Å². The van der Waals surface area contributed by atoms with Crippen molar-refractivity contribution in [3.8, 4) is 80.8 Å². The van der Waals surface area contributed by atoms with Crippen LogP contribution in [0.25, 0.3) is 80.8 Å². The van der Waals surface area contributed by atoms with Crippen LogP contribution >= 0.6 is 90.7 Å². The molecule has 11 aromatic rings. The Kier molecular flexibility index (Phi) is 27.8. The van der Waals surface area contributed by atoms with Gasteiger partial charge >= 0.3 is 0 Å². The zero-order chi connectivity index (χ0) is 64.5. The summed E-state index contributed by atoms with van der Waals surface area (Å²) in [5.41, 5.74) is 12.7. The minimum absolute atomic E-state index is 0.970. The minimum atomic E-state index is 0.970. The highest BCUT2D eigenvalue weighted by molar-refractivity contribution is 7.29. The van der Waals surface area contributed by atoms with Gasteiger partial charge in [0.2, 0.25) is 0 Å². The summed E-state index contributed by atoms with van der Waals surface area (Å²) in [7, 11) is 0. The molecule has 8 aromatic heterocycles. The molecule has 0 unspecified atom stereocenters. The predicted octanol–water partition coefficient (Wildman–Crippen LogP) is 30.6. The fraction of sp³-hybridized carbons (Fsp3) is 0.381. The van der Waals surface area contributed by atoms with Crippen molar-refractivity contribution < 1.29 is 0 Å². The van der Waals surface area contributed by atoms with E-state index in [1.807, 2.05) is 90.7 Å². The largest absolute Gasteiger partial charge is 0.255 e. The summed E-state index contributed by atoms with van der Waals surface area (Å²) < 4.78 is 0. The molecule has 2 nitrogen and oxygen atoms in total. The zero-order valence-electron chi connectivity index (χ0n) is 56.1. The van der Waals surface area contributed by atoms with Crippen LogP contribution in [0.2, 0.25) is 0 Å². The van der Waals surface area contributed by atoms with Crippen LogP contribution in [-0.4, -0.2) is 12.4 Å². The van der Waals surface area contributed by atoms with Gasteiger partial charge in [-0.15, -0.1) is 90.7 Å². The third kappa shape index (κ3) is 19.9. The van der Waals surface area contributed by atoms with Crippen LogP contribution in [0, 0.1) is 0 Å². The van der Waals surface area contributed by atoms with E-state index in [4.69, 9.17) is 9.98 Å². The lowest BCUT2D eigenvalue weighted by Gasteiger charge is -2.06. The standard InChI is InChI=1S/C84H96N2S8/c1-5-9-13-17-21-25-29-65-53-55-87-81(65)77-49-45-73(91-77)75-47-51-79(93-75)83-67(31-27-23-19-15-11-7-3)57-71(89-83)59-85-69-41-37-63(38-42-69)61-33-35-62(36-34-61)64-39-43-70(44-40-64)86-60-72-58-68(32-28-24-20-16-12-8-4)84(90-72)80-52-48-76(94-80)74-46-50-78(92-74)82-66(54-56-88-82)30-26-22-18-14-10-6-2/h33-60H,5-32H2,1-4H3. The van der Waals surface area contributed by atoms with E-state index >= 15 is 0 Å². The molecule has 0 radical (unpaired) electrons. The predicted molar refractivity (Wildman–Crippen MR) is 429 cm³/mol. The van der Waals surface area contributed by atoms with E-state index < -0.39 is 0 Å². The molecule has 94 heavy (non-hydrogen) atoms. The Morgan fingerprint density at radius 1 is 0.255 bits per heavy atom. The van der Waals surface area contributed by atoms with Gasteiger partial charge in [0, 0.05) is 80.7 Å². The van der Waals surface area contributed by atoms with Gasteiger partial charge in [-0.05, 0) is 204 Å². The summed E-state index contributed by atoms with van der Waals surface area (Å²) in [5, 5.41) is 4.59. The van der Waals surface area contributed by atoms with Gasteiger partial charge in [-0.3, -0.25) is 9.98 Å². The first-order valence-corrected chi connectivity index (χ1v) is 42.3. The van der Waals surface area contributed by atoms with Crippen LogP contribution in [0.4, 0.5) is 11.4 Å². The summed E-state index contributed by atoms with van der Waals surface area (Å²) in [6, 6.07) is 54.9. The molecular weight excluding hydrogens is 1290 g/mol. The van der Waals surface area contributed by atoms with Crippen molar-refractivity contribution in [3.05, 3.63) is 188 Å². The van der Waals surface area contributed by atoms with Gasteiger partial charge in [0.1, 0.15) is 0 Å². The Morgan fingerprint density at radius 3 is 0.840 bits per heavy atom. The van der Waals surface area contributed by atoms with Crippen LogP contribution < -0.4 is 0 Å². The maximum absolute atomic E-state index is 5.05. The van der Waals surface area contributed by atoms with Crippen molar-refractivity contribution in [1.29, 1.82) is 0 Å². The molecular formula is C84H96N2S8. The number of nitrogens with zero attached hydrogens (tertiary/aromatic N) is 2. The number of benzene rings is 3. The fourth-order valence-electron chi connectivity index (χ4n) is 12.7. The molecule has 0 aliphatic rings. The van der Waals surface area contributed by atoms with Crippen LogP contribution in [0.3, 0.4) is 0 Å². The van der Waals surface area contributed by atoms with Crippen LogP contribution in [0.5, 0.6) is 0 Å². The number of hydrogen-bond acceptors (Lipinski definition) is 10. The SMILES string of the molecule is CCCCCCCCc1ccsc1-c1ccc(-c2ccc(-c3sc(C=Nc4ccc(-c5ccc(-c6ccc(N=Cc7cc(CCCCCCCC)c(-c8ccc(-c9ccc(-c%10sccc%10CCCCCCCC)s9)s8)s7)cc6)cc5)cc4)cc3CCCCCCCC)s2)s1. The van der Waals surface area contributed by atoms with Gasteiger partial charge in [-0.25, -0.2) is 0 Å². The lowest BCUT2D eigenvalue weighted by Crippen LogP contribution is -1.86. The van der Waals surface area contributed by atoms with Crippen molar-refractivity contribution in [2.24, 2.45) is 9.98 Å². The Bertz CT molecular complexity index is 3780. The van der Waals surface area contributed by atoms with Crippen molar-refractivity contribution in [2.75, 3.05) is 0 Å². The maximum Gasteiger partial charge on any atom is 0.0630 e. The van der Waals surface area contributed by atoms with Gasteiger partial charge < -0.3 is 0 Å². The molecule has 0 spiro atoms. The van der Waals surface area contributed by atoms with Crippen molar-refractivity contribution >= 4 is 114 Å². The Hall–Kier alpha value is -5.40. The molecule has 11 rings (SSSR count). The average molecular weight is 1390 g/mol. The molecule has 8 heterocycles. The normalized spacial score (nSPS) is 11.9.